The van der Waals surface area contributed by atoms with Crippen molar-refractivity contribution in [2.75, 3.05) is 13.2 Å². The molecule has 2 rings (SSSR count). The van der Waals surface area contributed by atoms with E-state index in [1.54, 1.807) is 0 Å². The highest BCUT2D eigenvalue weighted by molar-refractivity contribution is 7.11. The van der Waals surface area contributed by atoms with Gasteiger partial charge in [0, 0.05) is 36.2 Å². The van der Waals surface area contributed by atoms with Crippen molar-refractivity contribution in [3.05, 3.63) is 16.1 Å². The Morgan fingerprint density at radius 3 is 2.89 bits per heavy atom. The molecule has 3 nitrogen and oxygen atoms in total. The van der Waals surface area contributed by atoms with Crippen LogP contribution in [0.1, 0.15) is 49.9 Å². The topological polar surface area (TPSA) is 34.2 Å². The molecule has 1 aliphatic rings. The van der Waals surface area contributed by atoms with Gasteiger partial charge in [0.25, 0.3) is 0 Å². The molecule has 0 saturated carbocycles. The molecule has 0 aliphatic carbocycles. The second-order valence-corrected chi connectivity index (χ2v) is 7.12. The molecular formula is C14H24N2OS. The molecule has 1 aromatic heterocycles. The lowest BCUT2D eigenvalue weighted by molar-refractivity contribution is 0.0168. The van der Waals surface area contributed by atoms with Crippen molar-refractivity contribution in [3.8, 4) is 0 Å². The zero-order chi connectivity index (χ0) is 13.0. The number of hydrogen-bond acceptors (Lipinski definition) is 4. The fourth-order valence-corrected chi connectivity index (χ4v) is 3.00. The van der Waals surface area contributed by atoms with E-state index >= 15 is 0 Å². The molecule has 102 valence electrons. The van der Waals surface area contributed by atoms with Crippen molar-refractivity contribution in [1.29, 1.82) is 0 Å². The second kappa shape index (κ2) is 6.13. The summed E-state index contributed by atoms with van der Waals surface area (Å²) >= 11 is 1.81. The van der Waals surface area contributed by atoms with E-state index < -0.39 is 0 Å². The van der Waals surface area contributed by atoms with Gasteiger partial charge in [-0.05, 0) is 19.3 Å². The van der Waals surface area contributed by atoms with E-state index in [2.05, 4.69) is 31.1 Å². The number of nitrogens with one attached hydrogen (secondary N) is 1. The van der Waals surface area contributed by atoms with Crippen molar-refractivity contribution in [2.24, 2.45) is 0 Å². The molecule has 1 fully saturated rings. The number of rotatable bonds is 4. The van der Waals surface area contributed by atoms with E-state index in [1.165, 1.54) is 29.1 Å². The van der Waals surface area contributed by atoms with Gasteiger partial charge >= 0.3 is 0 Å². The van der Waals surface area contributed by atoms with E-state index in [-0.39, 0.29) is 5.41 Å². The number of hydrogen-bond donors (Lipinski definition) is 1. The number of ether oxygens (including phenoxy) is 1. The van der Waals surface area contributed by atoms with Gasteiger partial charge in [0.05, 0.1) is 11.1 Å². The molecule has 0 bridgehead atoms. The highest BCUT2D eigenvalue weighted by Gasteiger charge is 2.18. The lowest BCUT2D eigenvalue weighted by Crippen LogP contribution is -2.31. The number of aromatic nitrogens is 1. The predicted molar refractivity (Wildman–Crippen MR) is 76.1 cm³/mol. The molecule has 0 aromatic carbocycles. The molecule has 1 atom stereocenters. The van der Waals surface area contributed by atoms with Gasteiger partial charge in [-0.25, -0.2) is 4.98 Å². The predicted octanol–water partition coefficient (Wildman–Crippen LogP) is 3.10. The van der Waals surface area contributed by atoms with Crippen LogP contribution in [0, 0.1) is 0 Å². The van der Waals surface area contributed by atoms with Crippen LogP contribution >= 0.6 is 11.3 Å². The van der Waals surface area contributed by atoms with Crippen LogP contribution in [-0.4, -0.2) is 24.2 Å². The minimum absolute atomic E-state index is 0.162. The average Bonchev–Trinajstić information content (AvgIpc) is 2.79. The third-order valence-corrected chi connectivity index (χ3v) is 4.56. The van der Waals surface area contributed by atoms with E-state index in [9.17, 15) is 0 Å². The maximum absolute atomic E-state index is 5.70. The van der Waals surface area contributed by atoms with Crippen LogP contribution in [0.4, 0.5) is 0 Å². The van der Waals surface area contributed by atoms with Gasteiger partial charge in [-0.2, -0.15) is 0 Å². The van der Waals surface area contributed by atoms with Crippen molar-refractivity contribution < 1.29 is 4.74 Å². The Labute approximate surface area is 114 Å². The fraction of sp³-hybridized carbons (Fsp3) is 0.786. The summed E-state index contributed by atoms with van der Waals surface area (Å²) in [7, 11) is 0. The third-order valence-electron chi connectivity index (χ3n) is 3.14. The highest BCUT2D eigenvalue weighted by atomic mass is 32.1. The largest absolute Gasteiger partial charge is 0.377 e. The fourth-order valence-electron chi connectivity index (χ4n) is 2.06. The number of thiazole rings is 1. The molecular weight excluding hydrogens is 244 g/mol. The number of nitrogens with zero attached hydrogens (tertiary/aromatic N) is 1. The summed E-state index contributed by atoms with van der Waals surface area (Å²) in [4.78, 5) is 5.82. The van der Waals surface area contributed by atoms with Crippen molar-refractivity contribution in [3.63, 3.8) is 0 Å². The monoisotopic (exact) mass is 268 g/mol. The maximum atomic E-state index is 5.70. The maximum Gasteiger partial charge on any atom is 0.0981 e. The minimum atomic E-state index is 0.162. The van der Waals surface area contributed by atoms with Gasteiger partial charge in [-0.1, -0.05) is 20.8 Å². The first-order chi connectivity index (χ1) is 8.55. The first kappa shape index (κ1) is 14.0. The summed E-state index contributed by atoms with van der Waals surface area (Å²) in [5.41, 5.74) is 0.162. The van der Waals surface area contributed by atoms with Gasteiger partial charge in [0.1, 0.15) is 0 Å². The summed E-state index contributed by atoms with van der Waals surface area (Å²) in [6, 6.07) is 0. The van der Waals surface area contributed by atoms with Crippen LogP contribution in [-0.2, 0) is 16.7 Å². The Kier molecular flexibility index (Phi) is 4.76. The molecule has 0 spiro atoms. The molecule has 18 heavy (non-hydrogen) atoms. The Morgan fingerprint density at radius 1 is 1.44 bits per heavy atom. The molecule has 0 radical (unpaired) electrons. The van der Waals surface area contributed by atoms with Crippen LogP contribution in [0.25, 0.3) is 0 Å². The van der Waals surface area contributed by atoms with Gasteiger partial charge in [-0.3, -0.25) is 0 Å². The van der Waals surface area contributed by atoms with Crippen molar-refractivity contribution >= 4 is 11.3 Å². The highest BCUT2D eigenvalue weighted by Crippen LogP contribution is 2.26. The molecule has 1 N–H and O–H groups in total. The van der Waals surface area contributed by atoms with Gasteiger partial charge in [0.2, 0.25) is 0 Å². The Hall–Kier alpha value is -0.450. The lowest BCUT2D eigenvalue weighted by atomic mass is 9.98. The SMILES string of the molecule is CC(C)(C)c1ncc(CNCC2CCCCO2)s1. The quantitative estimate of drug-likeness (QED) is 0.911. The Bertz CT molecular complexity index is 364. The Morgan fingerprint density at radius 2 is 2.28 bits per heavy atom. The lowest BCUT2D eigenvalue weighted by Gasteiger charge is -2.22. The smallest absolute Gasteiger partial charge is 0.0981 e. The standard InChI is InChI=1S/C14H24N2OS/c1-14(2,3)13-16-10-12(18-13)9-15-8-11-6-4-5-7-17-11/h10-11,15H,4-9H2,1-3H3. The third kappa shape index (κ3) is 4.04. The van der Waals surface area contributed by atoms with Gasteiger partial charge < -0.3 is 10.1 Å². The van der Waals surface area contributed by atoms with Crippen molar-refractivity contribution in [1.82, 2.24) is 10.3 Å². The molecule has 4 heteroatoms. The van der Waals surface area contributed by atoms with Gasteiger partial charge in [-0.15, -0.1) is 11.3 Å². The van der Waals surface area contributed by atoms with Crippen LogP contribution in [0.15, 0.2) is 6.20 Å². The molecule has 1 unspecified atom stereocenters. The van der Waals surface area contributed by atoms with Gasteiger partial charge in [0.15, 0.2) is 0 Å². The first-order valence-corrected chi connectivity index (χ1v) is 7.65. The molecule has 2 heterocycles. The molecule has 1 saturated heterocycles. The zero-order valence-corrected chi connectivity index (χ0v) is 12.5. The summed E-state index contributed by atoms with van der Waals surface area (Å²) in [6.45, 7) is 9.42. The summed E-state index contributed by atoms with van der Waals surface area (Å²) in [5, 5.41) is 4.70. The summed E-state index contributed by atoms with van der Waals surface area (Å²) < 4.78 is 5.70. The van der Waals surface area contributed by atoms with E-state index in [1.807, 2.05) is 17.5 Å². The zero-order valence-electron chi connectivity index (χ0n) is 11.7. The summed E-state index contributed by atoms with van der Waals surface area (Å²) in [6.07, 6.45) is 6.14. The van der Waals surface area contributed by atoms with E-state index in [4.69, 9.17) is 4.74 Å². The van der Waals surface area contributed by atoms with E-state index in [0.29, 0.717) is 6.10 Å². The molecule has 0 amide bonds. The van der Waals surface area contributed by atoms with Crippen LogP contribution in [0.3, 0.4) is 0 Å². The summed E-state index contributed by atoms with van der Waals surface area (Å²) in [5.74, 6) is 0. The Balaban J connectivity index is 1.74. The van der Waals surface area contributed by atoms with Crippen LogP contribution in [0.5, 0.6) is 0 Å². The normalized spacial score (nSPS) is 21.2. The molecule has 1 aromatic rings. The van der Waals surface area contributed by atoms with Crippen LogP contribution < -0.4 is 5.32 Å². The first-order valence-electron chi connectivity index (χ1n) is 6.83. The average molecular weight is 268 g/mol. The van der Waals surface area contributed by atoms with Crippen molar-refractivity contribution in [2.45, 2.75) is 58.1 Å². The van der Waals surface area contributed by atoms with E-state index in [0.717, 1.165) is 19.7 Å². The molecule has 1 aliphatic heterocycles. The minimum Gasteiger partial charge on any atom is -0.377 e. The van der Waals surface area contributed by atoms with Crippen LogP contribution in [0.2, 0.25) is 0 Å². The second-order valence-electron chi connectivity index (χ2n) is 6.00.